The molecule has 1 heterocycles. The molecule has 1 aliphatic rings. The maximum absolute atomic E-state index is 12.8. The second-order valence-corrected chi connectivity index (χ2v) is 6.28. The van der Waals surface area contributed by atoms with E-state index in [1.807, 2.05) is 13.0 Å². The highest BCUT2D eigenvalue weighted by molar-refractivity contribution is 6.07. The van der Waals surface area contributed by atoms with Crippen molar-refractivity contribution < 1.29 is 14.5 Å². The van der Waals surface area contributed by atoms with Gasteiger partial charge in [-0.1, -0.05) is 49.4 Å². The predicted molar refractivity (Wildman–Crippen MR) is 99.2 cm³/mol. The first-order chi connectivity index (χ1) is 12.9. The smallest absolute Gasteiger partial charge is 0.318 e. The fourth-order valence-electron chi connectivity index (χ4n) is 2.95. The number of benzene rings is 2. The van der Waals surface area contributed by atoms with Crippen LogP contribution in [0.2, 0.25) is 0 Å². The summed E-state index contributed by atoms with van der Waals surface area (Å²) in [7, 11) is 0. The zero-order valence-electron chi connectivity index (χ0n) is 14.9. The molecule has 3 amide bonds. The second-order valence-electron chi connectivity index (χ2n) is 6.28. The first kappa shape index (κ1) is 18.2. The van der Waals surface area contributed by atoms with Crippen LogP contribution in [0.3, 0.4) is 0 Å². The molecule has 1 N–H and O–H groups in total. The quantitative estimate of drug-likeness (QED) is 0.380. The molecule has 2 aromatic carbocycles. The molecule has 1 aliphatic heterocycles. The zero-order chi connectivity index (χ0) is 19.6. The van der Waals surface area contributed by atoms with Crippen molar-refractivity contribution in [3.8, 4) is 0 Å². The van der Waals surface area contributed by atoms with Crippen molar-refractivity contribution in [3.63, 3.8) is 0 Å². The fraction of sp³-hybridized carbons (Fsp3) is 0.211. The summed E-state index contributed by atoms with van der Waals surface area (Å²) in [6.07, 6.45) is 1.79. The van der Waals surface area contributed by atoms with Crippen LogP contribution in [0.15, 0.2) is 53.6 Å². The standard InChI is InChI=1S/C19H18N4O4/c1-3-14-10-9-13(11-16(14)23(26)27)12-20-22-17(24)19(2,21-18(22)25)15-7-5-4-6-8-15/h4-12H,3H2,1-2H3,(H,21,25)/b20-12-/t19-/m1/s1. The first-order valence-corrected chi connectivity index (χ1v) is 8.40. The molecule has 0 aromatic heterocycles. The number of hydrogen-bond acceptors (Lipinski definition) is 5. The Morgan fingerprint density at radius 1 is 1.22 bits per heavy atom. The van der Waals surface area contributed by atoms with Gasteiger partial charge in [-0.05, 0) is 18.9 Å². The van der Waals surface area contributed by atoms with E-state index in [-0.39, 0.29) is 5.69 Å². The van der Waals surface area contributed by atoms with Gasteiger partial charge in [-0.25, -0.2) is 4.79 Å². The zero-order valence-corrected chi connectivity index (χ0v) is 14.9. The van der Waals surface area contributed by atoms with E-state index in [2.05, 4.69) is 10.4 Å². The number of urea groups is 1. The van der Waals surface area contributed by atoms with Gasteiger partial charge in [0.25, 0.3) is 11.6 Å². The minimum absolute atomic E-state index is 0.0206. The van der Waals surface area contributed by atoms with Crippen molar-refractivity contribution in [3.05, 3.63) is 75.3 Å². The van der Waals surface area contributed by atoms with Gasteiger partial charge < -0.3 is 5.32 Å². The van der Waals surface area contributed by atoms with Crippen molar-refractivity contribution in [2.24, 2.45) is 5.10 Å². The van der Waals surface area contributed by atoms with Crippen LogP contribution in [-0.2, 0) is 16.8 Å². The number of imide groups is 1. The van der Waals surface area contributed by atoms with E-state index in [0.29, 0.717) is 23.1 Å². The average molecular weight is 366 g/mol. The van der Waals surface area contributed by atoms with Crippen LogP contribution >= 0.6 is 0 Å². The summed E-state index contributed by atoms with van der Waals surface area (Å²) in [6.45, 7) is 3.44. The van der Waals surface area contributed by atoms with Crippen LogP contribution in [0, 0.1) is 10.1 Å². The van der Waals surface area contributed by atoms with Crippen molar-refractivity contribution in [2.75, 3.05) is 0 Å². The summed E-state index contributed by atoms with van der Waals surface area (Å²) >= 11 is 0. The molecule has 8 nitrogen and oxygen atoms in total. The van der Waals surface area contributed by atoms with E-state index in [1.54, 1.807) is 43.3 Å². The Labute approximate surface area is 155 Å². The Hall–Kier alpha value is -3.55. The van der Waals surface area contributed by atoms with Gasteiger partial charge in [0.15, 0.2) is 0 Å². The summed E-state index contributed by atoms with van der Waals surface area (Å²) in [5.74, 6) is -0.519. The summed E-state index contributed by atoms with van der Waals surface area (Å²) in [5, 5.41) is 18.5. The van der Waals surface area contributed by atoms with Crippen molar-refractivity contribution in [2.45, 2.75) is 25.8 Å². The monoisotopic (exact) mass is 366 g/mol. The summed E-state index contributed by atoms with van der Waals surface area (Å²) in [6, 6.07) is 12.9. The molecular weight excluding hydrogens is 348 g/mol. The van der Waals surface area contributed by atoms with Gasteiger partial charge in [-0.2, -0.15) is 5.10 Å². The van der Waals surface area contributed by atoms with Crippen LogP contribution in [0.25, 0.3) is 0 Å². The largest absolute Gasteiger partial charge is 0.346 e. The summed E-state index contributed by atoms with van der Waals surface area (Å²) in [5.41, 5.74) is 0.432. The van der Waals surface area contributed by atoms with Gasteiger partial charge in [0, 0.05) is 17.2 Å². The highest BCUT2D eigenvalue weighted by atomic mass is 16.6. The number of nitrogens with one attached hydrogen (secondary N) is 1. The highest BCUT2D eigenvalue weighted by Gasteiger charge is 2.49. The molecule has 0 saturated carbocycles. The van der Waals surface area contributed by atoms with Crippen molar-refractivity contribution >= 4 is 23.8 Å². The molecule has 27 heavy (non-hydrogen) atoms. The van der Waals surface area contributed by atoms with Crippen molar-refractivity contribution in [1.82, 2.24) is 10.3 Å². The third-order valence-electron chi connectivity index (χ3n) is 4.53. The molecule has 0 spiro atoms. The first-order valence-electron chi connectivity index (χ1n) is 8.40. The number of nitro groups is 1. The minimum atomic E-state index is -1.21. The number of carbonyl (C=O) groups is 2. The van der Waals surface area contributed by atoms with Crippen LogP contribution in [0.1, 0.15) is 30.5 Å². The number of carbonyl (C=O) groups excluding carboxylic acids is 2. The van der Waals surface area contributed by atoms with E-state index in [1.165, 1.54) is 12.3 Å². The molecule has 0 aliphatic carbocycles. The van der Waals surface area contributed by atoms with E-state index < -0.39 is 22.4 Å². The maximum atomic E-state index is 12.8. The second kappa shape index (κ2) is 6.99. The molecule has 3 rings (SSSR count). The third-order valence-corrected chi connectivity index (χ3v) is 4.53. The van der Waals surface area contributed by atoms with Crippen molar-refractivity contribution in [1.29, 1.82) is 0 Å². The number of nitrogens with zero attached hydrogens (tertiary/aromatic N) is 3. The average Bonchev–Trinajstić information content (AvgIpc) is 2.90. The van der Waals surface area contributed by atoms with Gasteiger partial charge in [0.05, 0.1) is 11.1 Å². The lowest BCUT2D eigenvalue weighted by molar-refractivity contribution is -0.385. The van der Waals surface area contributed by atoms with E-state index in [0.717, 1.165) is 5.01 Å². The van der Waals surface area contributed by atoms with E-state index in [9.17, 15) is 19.7 Å². The predicted octanol–water partition coefficient (Wildman–Crippen LogP) is 2.96. The Morgan fingerprint density at radius 3 is 2.56 bits per heavy atom. The Kier molecular flexibility index (Phi) is 4.72. The minimum Gasteiger partial charge on any atom is -0.318 e. The Morgan fingerprint density at radius 2 is 1.93 bits per heavy atom. The number of rotatable bonds is 5. The molecule has 1 atom stereocenters. The number of amides is 3. The molecule has 1 saturated heterocycles. The lowest BCUT2D eigenvalue weighted by Gasteiger charge is -2.20. The molecular formula is C19H18N4O4. The SMILES string of the molecule is CCc1ccc(/C=N\N2C(=O)N[C@](C)(c3ccccc3)C2=O)cc1[N+](=O)[O-]. The molecule has 2 aromatic rings. The van der Waals surface area contributed by atoms with E-state index in [4.69, 9.17) is 0 Å². The highest BCUT2D eigenvalue weighted by Crippen LogP contribution is 2.29. The van der Waals surface area contributed by atoms with E-state index >= 15 is 0 Å². The Balaban J connectivity index is 1.88. The topological polar surface area (TPSA) is 105 Å². The number of hydrogen-bond donors (Lipinski definition) is 1. The fourth-order valence-corrected chi connectivity index (χ4v) is 2.95. The number of aryl methyl sites for hydroxylation is 1. The Bertz CT molecular complexity index is 942. The maximum Gasteiger partial charge on any atom is 0.346 e. The van der Waals surface area contributed by atoms with Crippen LogP contribution in [-0.4, -0.2) is 28.1 Å². The van der Waals surface area contributed by atoms with Crippen LogP contribution < -0.4 is 5.32 Å². The molecule has 0 bridgehead atoms. The summed E-state index contributed by atoms with van der Waals surface area (Å²) < 4.78 is 0. The molecule has 0 radical (unpaired) electrons. The van der Waals surface area contributed by atoms with Gasteiger partial charge in [-0.15, -0.1) is 5.01 Å². The summed E-state index contributed by atoms with van der Waals surface area (Å²) in [4.78, 5) is 35.7. The molecule has 8 heteroatoms. The van der Waals surface area contributed by atoms with Crippen LogP contribution in [0.4, 0.5) is 10.5 Å². The molecule has 138 valence electrons. The normalized spacial score (nSPS) is 19.6. The van der Waals surface area contributed by atoms with Crippen LogP contribution in [0.5, 0.6) is 0 Å². The third kappa shape index (κ3) is 3.29. The molecule has 1 fully saturated rings. The lowest BCUT2D eigenvalue weighted by Crippen LogP contribution is -2.40. The number of hydrazone groups is 1. The van der Waals surface area contributed by atoms with Gasteiger partial charge >= 0.3 is 6.03 Å². The number of nitro benzene ring substituents is 1. The van der Waals surface area contributed by atoms with Gasteiger partial charge in [-0.3, -0.25) is 14.9 Å². The van der Waals surface area contributed by atoms with Gasteiger partial charge in [0.1, 0.15) is 5.54 Å². The molecule has 0 unspecified atom stereocenters. The van der Waals surface area contributed by atoms with Gasteiger partial charge in [0.2, 0.25) is 0 Å². The lowest BCUT2D eigenvalue weighted by atomic mass is 9.92.